The number of nitro benzene ring substituents is 1. The van der Waals surface area contributed by atoms with Crippen molar-refractivity contribution in [2.24, 2.45) is 0 Å². The van der Waals surface area contributed by atoms with E-state index in [4.69, 9.17) is 14.2 Å². The van der Waals surface area contributed by atoms with E-state index in [1.807, 2.05) is 12.1 Å². The molecule has 1 unspecified atom stereocenters. The molecule has 3 aromatic carbocycles. The third-order valence-corrected chi connectivity index (χ3v) is 5.01. The van der Waals surface area contributed by atoms with Gasteiger partial charge in [-0.05, 0) is 48.0 Å². The number of anilines is 1. The van der Waals surface area contributed by atoms with Crippen molar-refractivity contribution < 1.29 is 23.9 Å². The van der Waals surface area contributed by atoms with Gasteiger partial charge in [-0.3, -0.25) is 14.9 Å². The van der Waals surface area contributed by atoms with Gasteiger partial charge in [-0.25, -0.2) is 0 Å². The van der Waals surface area contributed by atoms with Crippen LogP contribution in [0, 0.1) is 10.1 Å². The molecule has 3 rings (SSSR count). The molecule has 0 radical (unpaired) electrons. The third kappa shape index (κ3) is 5.34. The molecule has 0 heterocycles. The maximum atomic E-state index is 13.1. The zero-order valence-electron chi connectivity index (χ0n) is 18.0. The van der Waals surface area contributed by atoms with Crippen LogP contribution < -0.4 is 19.5 Å². The number of nitrogens with one attached hydrogen (secondary N) is 1. The number of ketones is 1. The average Bonchev–Trinajstić information content (AvgIpc) is 2.83. The summed E-state index contributed by atoms with van der Waals surface area (Å²) >= 11 is 0. The fraction of sp³-hybridized carbons (Fsp3) is 0.208. The van der Waals surface area contributed by atoms with Crippen LogP contribution in [0.4, 0.5) is 11.4 Å². The number of carbonyl (C=O) groups excluding carboxylic acids is 1. The quantitative estimate of drug-likeness (QED) is 0.270. The highest BCUT2D eigenvalue weighted by atomic mass is 16.6. The second-order valence-electron chi connectivity index (χ2n) is 6.97. The molecule has 1 atom stereocenters. The highest BCUT2D eigenvalue weighted by Gasteiger charge is 2.21. The lowest BCUT2D eigenvalue weighted by molar-refractivity contribution is -0.384. The van der Waals surface area contributed by atoms with Crippen LogP contribution in [-0.4, -0.2) is 32.0 Å². The van der Waals surface area contributed by atoms with Gasteiger partial charge in [0.1, 0.15) is 5.75 Å². The number of benzene rings is 3. The Morgan fingerprint density at radius 1 is 0.938 bits per heavy atom. The fourth-order valence-corrected chi connectivity index (χ4v) is 3.31. The summed E-state index contributed by atoms with van der Waals surface area (Å²) in [7, 11) is 4.61. The zero-order chi connectivity index (χ0) is 23.1. The van der Waals surface area contributed by atoms with Crippen LogP contribution in [0.3, 0.4) is 0 Å². The third-order valence-electron chi connectivity index (χ3n) is 5.01. The maximum absolute atomic E-state index is 13.1. The largest absolute Gasteiger partial charge is 0.497 e. The summed E-state index contributed by atoms with van der Waals surface area (Å²) in [4.78, 5) is 23.9. The standard InChI is InChI=1S/C24H24N2O6/c1-30-20-10-8-18(9-11-20)25-21(16-5-4-6-19(13-16)26(28)29)15-22(27)17-7-12-23(31-2)24(14-17)32-3/h4-14,21,25H,15H2,1-3H3. The molecule has 8 nitrogen and oxygen atoms in total. The molecule has 1 N–H and O–H groups in total. The molecule has 0 aliphatic rings. The minimum Gasteiger partial charge on any atom is -0.497 e. The van der Waals surface area contributed by atoms with E-state index in [2.05, 4.69) is 5.32 Å². The first-order chi connectivity index (χ1) is 15.4. The molecule has 8 heteroatoms. The van der Waals surface area contributed by atoms with Crippen LogP contribution in [-0.2, 0) is 0 Å². The topological polar surface area (TPSA) is 99.9 Å². The number of non-ortho nitro benzene ring substituents is 1. The number of hydrogen-bond acceptors (Lipinski definition) is 7. The summed E-state index contributed by atoms with van der Waals surface area (Å²) in [6.07, 6.45) is 0.0721. The molecule has 32 heavy (non-hydrogen) atoms. The summed E-state index contributed by atoms with van der Waals surface area (Å²) in [6.45, 7) is 0. The van der Waals surface area contributed by atoms with Gasteiger partial charge in [0.05, 0.1) is 32.3 Å². The molecular weight excluding hydrogens is 412 g/mol. The molecular formula is C24H24N2O6. The monoisotopic (exact) mass is 436 g/mol. The number of ether oxygens (including phenoxy) is 3. The lowest BCUT2D eigenvalue weighted by atomic mass is 9.97. The first-order valence-electron chi connectivity index (χ1n) is 9.85. The summed E-state index contributed by atoms with van der Waals surface area (Å²) in [5, 5.41) is 14.6. The molecule has 0 amide bonds. The molecule has 3 aromatic rings. The van der Waals surface area contributed by atoms with Crippen LogP contribution in [0.2, 0.25) is 0 Å². The highest BCUT2D eigenvalue weighted by molar-refractivity contribution is 5.97. The predicted molar refractivity (Wildman–Crippen MR) is 121 cm³/mol. The Balaban J connectivity index is 1.91. The second kappa shape index (κ2) is 10.3. The first-order valence-corrected chi connectivity index (χ1v) is 9.85. The first kappa shape index (κ1) is 22.6. The van der Waals surface area contributed by atoms with Crippen molar-refractivity contribution in [2.45, 2.75) is 12.5 Å². The molecule has 0 bridgehead atoms. The van der Waals surface area contributed by atoms with Crippen LogP contribution in [0.1, 0.15) is 28.4 Å². The van der Waals surface area contributed by atoms with Crippen molar-refractivity contribution >= 4 is 17.2 Å². The van der Waals surface area contributed by atoms with E-state index in [1.165, 1.54) is 26.4 Å². The van der Waals surface area contributed by atoms with Gasteiger partial charge in [0.25, 0.3) is 5.69 Å². The molecule has 0 aromatic heterocycles. The van der Waals surface area contributed by atoms with Gasteiger partial charge in [0, 0.05) is 29.8 Å². The van der Waals surface area contributed by atoms with Gasteiger partial charge < -0.3 is 19.5 Å². The Bertz CT molecular complexity index is 1100. The molecule has 0 fully saturated rings. The van der Waals surface area contributed by atoms with E-state index in [0.29, 0.717) is 28.4 Å². The Labute approximate surface area is 185 Å². The molecule has 0 spiro atoms. The number of carbonyl (C=O) groups is 1. The van der Waals surface area contributed by atoms with Crippen LogP contribution >= 0.6 is 0 Å². The highest BCUT2D eigenvalue weighted by Crippen LogP contribution is 2.31. The van der Waals surface area contributed by atoms with Crippen molar-refractivity contribution in [2.75, 3.05) is 26.6 Å². The van der Waals surface area contributed by atoms with Gasteiger partial charge in [-0.2, -0.15) is 0 Å². The molecule has 0 aliphatic heterocycles. The average molecular weight is 436 g/mol. The van der Waals surface area contributed by atoms with Crippen molar-refractivity contribution in [3.05, 3.63) is 88.0 Å². The lowest BCUT2D eigenvalue weighted by Crippen LogP contribution is -2.16. The summed E-state index contributed by atoms with van der Waals surface area (Å²) in [5.74, 6) is 1.52. The van der Waals surface area contributed by atoms with E-state index in [-0.39, 0.29) is 17.9 Å². The minimum atomic E-state index is -0.496. The lowest BCUT2D eigenvalue weighted by Gasteiger charge is -2.20. The molecule has 166 valence electrons. The number of methoxy groups -OCH3 is 3. The normalized spacial score (nSPS) is 11.3. The van der Waals surface area contributed by atoms with E-state index in [1.54, 1.807) is 49.6 Å². The van der Waals surface area contributed by atoms with E-state index in [0.717, 1.165) is 5.69 Å². The van der Waals surface area contributed by atoms with Gasteiger partial charge in [0.15, 0.2) is 17.3 Å². The SMILES string of the molecule is COc1ccc(NC(CC(=O)c2ccc(OC)c(OC)c2)c2cccc([N+](=O)[O-])c2)cc1. The van der Waals surface area contributed by atoms with E-state index in [9.17, 15) is 14.9 Å². The predicted octanol–water partition coefficient (Wildman–Crippen LogP) is 5.05. The zero-order valence-corrected chi connectivity index (χ0v) is 18.0. The summed E-state index contributed by atoms with van der Waals surface area (Å²) < 4.78 is 15.7. The molecule has 0 aliphatic carbocycles. The summed E-state index contributed by atoms with van der Waals surface area (Å²) in [6, 6.07) is 18.0. The molecule has 0 saturated heterocycles. The van der Waals surface area contributed by atoms with Gasteiger partial charge in [-0.15, -0.1) is 0 Å². The Morgan fingerprint density at radius 2 is 1.66 bits per heavy atom. The van der Waals surface area contributed by atoms with Crippen molar-refractivity contribution in [3.63, 3.8) is 0 Å². The summed E-state index contributed by atoms with van der Waals surface area (Å²) in [5.41, 5.74) is 1.79. The fourth-order valence-electron chi connectivity index (χ4n) is 3.31. The van der Waals surface area contributed by atoms with Crippen LogP contribution in [0.5, 0.6) is 17.2 Å². The van der Waals surface area contributed by atoms with Gasteiger partial charge >= 0.3 is 0 Å². The number of nitro groups is 1. The number of Topliss-reactive ketones (excluding diaryl/α,β-unsaturated/α-hetero) is 1. The Kier molecular flexibility index (Phi) is 7.28. The van der Waals surface area contributed by atoms with E-state index < -0.39 is 11.0 Å². The smallest absolute Gasteiger partial charge is 0.269 e. The van der Waals surface area contributed by atoms with Gasteiger partial charge in [-0.1, -0.05) is 12.1 Å². The van der Waals surface area contributed by atoms with Gasteiger partial charge in [0.2, 0.25) is 0 Å². The molecule has 0 saturated carbocycles. The van der Waals surface area contributed by atoms with Crippen molar-refractivity contribution in [3.8, 4) is 17.2 Å². The number of nitrogens with zero attached hydrogens (tertiary/aromatic N) is 1. The van der Waals surface area contributed by atoms with Crippen LogP contribution in [0.15, 0.2) is 66.7 Å². The number of hydrogen-bond donors (Lipinski definition) is 1. The minimum absolute atomic E-state index is 0.0393. The van der Waals surface area contributed by atoms with Crippen molar-refractivity contribution in [1.29, 1.82) is 0 Å². The Hall–Kier alpha value is -4.07. The van der Waals surface area contributed by atoms with E-state index >= 15 is 0 Å². The van der Waals surface area contributed by atoms with Crippen LogP contribution in [0.25, 0.3) is 0 Å². The second-order valence-corrected chi connectivity index (χ2v) is 6.97. The number of rotatable bonds is 10. The maximum Gasteiger partial charge on any atom is 0.269 e. The van der Waals surface area contributed by atoms with Crippen molar-refractivity contribution in [1.82, 2.24) is 0 Å². The Morgan fingerprint density at radius 3 is 2.28 bits per heavy atom.